The fourth-order valence-corrected chi connectivity index (χ4v) is 2.06. The van der Waals surface area contributed by atoms with Gasteiger partial charge in [0, 0.05) is 19.6 Å². The average molecular weight is 235 g/mol. The van der Waals surface area contributed by atoms with E-state index in [2.05, 4.69) is 5.32 Å². The van der Waals surface area contributed by atoms with Gasteiger partial charge in [-0.3, -0.25) is 4.79 Å². The van der Waals surface area contributed by atoms with Crippen LogP contribution < -0.4 is 5.32 Å². The van der Waals surface area contributed by atoms with Crippen LogP contribution in [0.2, 0.25) is 0 Å². The van der Waals surface area contributed by atoms with Crippen molar-refractivity contribution in [3.05, 3.63) is 0 Å². The second-order valence-corrected chi connectivity index (χ2v) is 3.97. The van der Waals surface area contributed by atoms with Crippen molar-refractivity contribution in [2.45, 2.75) is 25.3 Å². The molecule has 15 heavy (non-hydrogen) atoms. The lowest BCUT2D eigenvalue weighted by Crippen LogP contribution is -2.53. The third kappa shape index (κ3) is 3.33. The molecular formula is C10H19ClN2O2. The molecule has 5 heteroatoms. The number of piperidine rings is 1. The van der Waals surface area contributed by atoms with Crippen molar-refractivity contribution in [1.82, 2.24) is 10.2 Å². The number of nitrogens with one attached hydrogen (secondary N) is 1. The summed E-state index contributed by atoms with van der Waals surface area (Å²) < 4.78 is 5.28. The van der Waals surface area contributed by atoms with Gasteiger partial charge in [0.25, 0.3) is 0 Å². The summed E-state index contributed by atoms with van der Waals surface area (Å²) >= 11 is 0. The highest BCUT2D eigenvalue weighted by atomic mass is 35.5. The molecule has 0 aromatic heterocycles. The van der Waals surface area contributed by atoms with Crippen LogP contribution in [-0.2, 0) is 9.53 Å². The number of nitrogens with zero attached hydrogens (tertiary/aromatic N) is 1. The number of carbonyl (C=O) groups is 1. The van der Waals surface area contributed by atoms with Crippen LogP contribution in [0.4, 0.5) is 0 Å². The number of carbonyl (C=O) groups excluding carboxylic acids is 1. The largest absolute Gasteiger partial charge is 0.378 e. The van der Waals surface area contributed by atoms with Gasteiger partial charge in [0.2, 0.25) is 5.91 Å². The number of hydrogen-bond acceptors (Lipinski definition) is 3. The van der Waals surface area contributed by atoms with Crippen molar-refractivity contribution in [3.63, 3.8) is 0 Å². The predicted molar refractivity (Wildman–Crippen MR) is 60.3 cm³/mol. The third-order valence-corrected chi connectivity index (χ3v) is 2.89. The Balaban J connectivity index is 0.00000112. The van der Waals surface area contributed by atoms with Gasteiger partial charge < -0.3 is 15.0 Å². The first kappa shape index (κ1) is 12.7. The highest BCUT2D eigenvalue weighted by Crippen LogP contribution is 2.10. The molecule has 1 amide bonds. The van der Waals surface area contributed by atoms with Crippen LogP contribution >= 0.6 is 12.4 Å². The van der Waals surface area contributed by atoms with Gasteiger partial charge in [-0.1, -0.05) is 0 Å². The summed E-state index contributed by atoms with van der Waals surface area (Å²) in [6.07, 6.45) is 3.57. The maximum Gasteiger partial charge on any atom is 0.242 e. The van der Waals surface area contributed by atoms with E-state index >= 15 is 0 Å². The predicted octanol–water partition coefficient (Wildman–Crippen LogP) is 0.409. The minimum Gasteiger partial charge on any atom is -0.378 e. The molecule has 2 rings (SSSR count). The first-order valence-corrected chi connectivity index (χ1v) is 5.48. The number of rotatable bonds is 1. The van der Waals surface area contributed by atoms with E-state index in [1.165, 1.54) is 6.42 Å². The lowest BCUT2D eigenvalue weighted by atomic mass is 10.1. The standard InChI is InChI=1S/C10H18N2O2.ClH/c13-10(9-8-14-7-4-11-9)12-5-2-1-3-6-12;/h9,11H,1-8H2;1H/t9-;/m1./s1. The number of likely N-dealkylation sites (tertiary alicyclic amines) is 1. The molecule has 2 heterocycles. The molecule has 4 nitrogen and oxygen atoms in total. The van der Waals surface area contributed by atoms with Crippen molar-refractivity contribution in [1.29, 1.82) is 0 Å². The van der Waals surface area contributed by atoms with Gasteiger partial charge in [-0.2, -0.15) is 0 Å². The maximum absolute atomic E-state index is 11.9. The van der Waals surface area contributed by atoms with E-state index in [-0.39, 0.29) is 24.4 Å². The van der Waals surface area contributed by atoms with Gasteiger partial charge in [0.1, 0.15) is 6.04 Å². The molecule has 2 aliphatic heterocycles. The molecule has 0 bridgehead atoms. The highest BCUT2D eigenvalue weighted by Gasteiger charge is 2.26. The summed E-state index contributed by atoms with van der Waals surface area (Å²) in [6, 6.07) is -0.0955. The van der Waals surface area contributed by atoms with Crippen molar-refractivity contribution in [2.75, 3.05) is 32.8 Å². The SMILES string of the molecule is Cl.O=C([C@H]1COCCN1)N1CCCCC1. The zero-order chi connectivity index (χ0) is 9.80. The fourth-order valence-electron chi connectivity index (χ4n) is 2.06. The Morgan fingerprint density at radius 1 is 1.27 bits per heavy atom. The van der Waals surface area contributed by atoms with E-state index in [9.17, 15) is 4.79 Å². The van der Waals surface area contributed by atoms with Gasteiger partial charge in [-0.25, -0.2) is 0 Å². The van der Waals surface area contributed by atoms with Crippen molar-refractivity contribution < 1.29 is 9.53 Å². The molecule has 0 aliphatic carbocycles. The van der Waals surface area contributed by atoms with E-state index in [1.54, 1.807) is 0 Å². The van der Waals surface area contributed by atoms with Crippen LogP contribution in [0.1, 0.15) is 19.3 Å². The Hall–Kier alpha value is -0.320. The normalized spacial score (nSPS) is 26.9. The Kier molecular flexibility index (Phi) is 5.36. The van der Waals surface area contributed by atoms with E-state index in [0.29, 0.717) is 6.61 Å². The molecule has 1 N–H and O–H groups in total. The molecule has 88 valence electrons. The zero-order valence-electron chi connectivity index (χ0n) is 8.91. The monoisotopic (exact) mass is 234 g/mol. The van der Waals surface area contributed by atoms with Crippen LogP contribution in [0, 0.1) is 0 Å². The Morgan fingerprint density at radius 3 is 2.60 bits per heavy atom. The molecule has 0 aromatic rings. The van der Waals surface area contributed by atoms with Crippen LogP contribution in [0.3, 0.4) is 0 Å². The number of halogens is 1. The Morgan fingerprint density at radius 2 is 2.00 bits per heavy atom. The lowest BCUT2D eigenvalue weighted by Gasteiger charge is -2.32. The van der Waals surface area contributed by atoms with Crippen LogP contribution in [0.25, 0.3) is 0 Å². The smallest absolute Gasteiger partial charge is 0.242 e. The van der Waals surface area contributed by atoms with Gasteiger partial charge in [-0.15, -0.1) is 12.4 Å². The molecule has 0 spiro atoms. The zero-order valence-corrected chi connectivity index (χ0v) is 9.72. The summed E-state index contributed by atoms with van der Waals surface area (Å²) in [5.41, 5.74) is 0. The maximum atomic E-state index is 11.9. The molecular weight excluding hydrogens is 216 g/mol. The lowest BCUT2D eigenvalue weighted by molar-refractivity contribution is -0.137. The minimum absolute atomic E-state index is 0. The summed E-state index contributed by atoms with van der Waals surface area (Å²) in [5, 5.41) is 3.20. The number of ether oxygens (including phenoxy) is 1. The first-order chi connectivity index (χ1) is 6.88. The minimum atomic E-state index is -0.0955. The second-order valence-electron chi connectivity index (χ2n) is 3.97. The number of amides is 1. The number of hydrogen-bond donors (Lipinski definition) is 1. The van der Waals surface area contributed by atoms with E-state index < -0.39 is 0 Å². The summed E-state index contributed by atoms with van der Waals surface area (Å²) in [7, 11) is 0. The summed E-state index contributed by atoms with van der Waals surface area (Å²) in [6.45, 7) is 3.91. The second kappa shape index (κ2) is 6.30. The molecule has 1 atom stereocenters. The van der Waals surface area contributed by atoms with E-state index in [4.69, 9.17) is 4.74 Å². The summed E-state index contributed by atoms with van der Waals surface area (Å²) in [4.78, 5) is 13.9. The molecule has 2 fully saturated rings. The topological polar surface area (TPSA) is 41.6 Å². The van der Waals surface area contributed by atoms with E-state index in [0.717, 1.165) is 39.1 Å². The van der Waals surface area contributed by atoms with E-state index in [1.807, 2.05) is 4.90 Å². The van der Waals surface area contributed by atoms with Gasteiger partial charge >= 0.3 is 0 Å². The Bertz CT molecular complexity index is 182. The highest BCUT2D eigenvalue weighted by molar-refractivity contribution is 5.85. The van der Waals surface area contributed by atoms with Crippen molar-refractivity contribution >= 4 is 18.3 Å². The van der Waals surface area contributed by atoms with Crippen LogP contribution in [0.5, 0.6) is 0 Å². The summed E-state index contributed by atoms with van der Waals surface area (Å²) in [5.74, 6) is 0.226. The fraction of sp³-hybridized carbons (Fsp3) is 0.900. The molecule has 2 saturated heterocycles. The average Bonchev–Trinajstić information content (AvgIpc) is 2.30. The molecule has 0 aromatic carbocycles. The molecule has 0 saturated carbocycles. The first-order valence-electron chi connectivity index (χ1n) is 5.48. The third-order valence-electron chi connectivity index (χ3n) is 2.89. The van der Waals surface area contributed by atoms with Gasteiger partial charge in [-0.05, 0) is 19.3 Å². The van der Waals surface area contributed by atoms with Gasteiger partial charge in [0.05, 0.1) is 13.2 Å². The Labute approximate surface area is 96.7 Å². The molecule has 0 radical (unpaired) electrons. The van der Waals surface area contributed by atoms with Crippen molar-refractivity contribution in [3.8, 4) is 0 Å². The van der Waals surface area contributed by atoms with Crippen molar-refractivity contribution in [2.24, 2.45) is 0 Å². The van der Waals surface area contributed by atoms with Gasteiger partial charge in [0.15, 0.2) is 0 Å². The number of morpholine rings is 1. The molecule has 2 aliphatic rings. The van der Waals surface area contributed by atoms with Crippen LogP contribution in [0.15, 0.2) is 0 Å². The quantitative estimate of drug-likeness (QED) is 0.715. The molecule has 0 unspecified atom stereocenters. The van der Waals surface area contributed by atoms with Crippen LogP contribution in [-0.4, -0.2) is 49.7 Å².